The van der Waals surface area contributed by atoms with Crippen LogP contribution in [0.5, 0.6) is 0 Å². The summed E-state index contributed by atoms with van der Waals surface area (Å²) in [5.74, 6) is 0. The summed E-state index contributed by atoms with van der Waals surface area (Å²) in [5, 5.41) is 19.1. The van der Waals surface area contributed by atoms with Crippen molar-refractivity contribution in [1.82, 2.24) is 19.8 Å². The first-order chi connectivity index (χ1) is 13.0. The Kier molecular flexibility index (Phi) is 6.80. The molecular formula is C16H21N7O4. The molecule has 0 aliphatic rings. The third-order valence-electron chi connectivity index (χ3n) is 3.58. The zero-order valence-electron chi connectivity index (χ0n) is 15.8. The highest BCUT2D eigenvalue weighted by molar-refractivity contribution is 6.62. The number of oxime groups is 3. The van der Waals surface area contributed by atoms with E-state index in [0.717, 1.165) is 15.8 Å². The summed E-state index contributed by atoms with van der Waals surface area (Å²) in [6, 6.07) is 5.49. The maximum Gasteiger partial charge on any atom is 0.368 e. The Bertz CT molecular complexity index is 927. The number of hydrogen-bond donors (Lipinski definition) is 0. The lowest BCUT2D eigenvalue weighted by atomic mass is 10.1. The van der Waals surface area contributed by atoms with Crippen molar-refractivity contribution in [3.63, 3.8) is 0 Å². The quantitative estimate of drug-likeness (QED) is 0.497. The third-order valence-corrected chi connectivity index (χ3v) is 3.58. The predicted octanol–water partition coefficient (Wildman–Crippen LogP) is 0.802. The van der Waals surface area contributed by atoms with E-state index in [-0.39, 0.29) is 12.3 Å². The molecule has 0 fully saturated rings. The van der Waals surface area contributed by atoms with Crippen molar-refractivity contribution in [1.29, 1.82) is 0 Å². The Hall–Kier alpha value is -3.50. The van der Waals surface area contributed by atoms with Gasteiger partial charge in [-0.3, -0.25) is 0 Å². The van der Waals surface area contributed by atoms with Gasteiger partial charge in [-0.1, -0.05) is 27.6 Å². The Morgan fingerprint density at radius 3 is 2.59 bits per heavy atom. The van der Waals surface area contributed by atoms with Gasteiger partial charge >= 0.3 is 5.69 Å². The molecule has 1 aromatic heterocycles. The van der Waals surface area contributed by atoms with Gasteiger partial charge in [0.25, 0.3) is 0 Å². The van der Waals surface area contributed by atoms with E-state index in [1.165, 1.54) is 32.2 Å². The van der Waals surface area contributed by atoms with Crippen molar-refractivity contribution in [2.24, 2.45) is 22.5 Å². The van der Waals surface area contributed by atoms with E-state index in [9.17, 15) is 4.79 Å². The van der Waals surface area contributed by atoms with E-state index in [4.69, 9.17) is 14.5 Å². The molecule has 0 aliphatic heterocycles. The van der Waals surface area contributed by atoms with Gasteiger partial charge in [-0.15, -0.1) is 0 Å². The molecule has 0 N–H and O–H groups in total. The minimum Gasteiger partial charge on any atom is -0.399 e. The average molecular weight is 375 g/mol. The second-order valence-electron chi connectivity index (χ2n) is 5.40. The first-order valence-electron chi connectivity index (χ1n) is 7.92. The molecule has 0 amide bonds. The number of rotatable bonds is 8. The van der Waals surface area contributed by atoms with Crippen LogP contribution in [0.3, 0.4) is 0 Å². The summed E-state index contributed by atoms with van der Waals surface area (Å²) >= 11 is 0. The second kappa shape index (κ2) is 9.27. The second-order valence-corrected chi connectivity index (χ2v) is 5.40. The standard InChI is InChI=1S/C16H21N7O4/c1-11-7-6-8-15(23-16(24)22(3)20-21-23)13(11)10-27-17-9-14(19-26-5)12(2)18-25-4/h6-9H,10H2,1-5H3/b17-9-,18-12-,19-14+. The van der Waals surface area contributed by atoms with Gasteiger partial charge in [-0.25, -0.2) is 4.79 Å². The molecule has 1 heterocycles. The molecule has 2 aromatic rings. The molecule has 144 valence electrons. The lowest BCUT2D eigenvalue weighted by molar-refractivity contribution is 0.132. The lowest BCUT2D eigenvalue weighted by Gasteiger charge is -2.10. The summed E-state index contributed by atoms with van der Waals surface area (Å²) in [5.41, 5.74) is 2.70. The fraction of sp³-hybridized carbons (Fsp3) is 0.375. The molecule has 11 nitrogen and oxygen atoms in total. The maximum absolute atomic E-state index is 12.1. The van der Waals surface area contributed by atoms with Gasteiger partial charge in [0.2, 0.25) is 0 Å². The molecule has 0 spiro atoms. The highest BCUT2D eigenvalue weighted by Gasteiger charge is 2.13. The molecule has 27 heavy (non-hydrogen) atoms. The smallest absolute Gasteiger partial charge is 0.368 e. The monoisotopic (exact) mass is 375 g/mol. The van der Waals surface area contributed by atoms with Crippen LogP contribution in [0.1, 0.15) is 18.1 Å². The Morgan fingerprint density at radius 1 is 1.22 bits per heavy atom. The van der Waals surface area contributed by atoms with Crippen molar-refractivity contribution in [2.45, 2.75) is 20.5 Å². The number of tetrazole rings is 1. The number of nitrogens with zero attached hydrogens (tertiary/aromatic N) is 7. The SMILES string of the molecule is CO\N=C(C)/C(/C=N\OCc1c(C)cccc1-n1nnn(C)c1=O)=N/OC. The zero-order chi connectivity index (χ0) is 19.8. The molecular weight excluding hydrogens is 354 g/mol. The van der Waals surface area contributed by atoms with Crippen LogP contribution in [0.25, 0.3) is 5.69 Å². The molecule has 0 atom stereocenters. The van der Waals surface area contributed by atoms with Crippen LogP contribution in [-0.4, -0.2) is 51.6 Å². The first-order valence-corrected chi connectivity index (χ1v) is 7.92. The highest BCUT2D eigenvalue weighted by atomic mass is 16.6. The van der Waals surface area contributed by atoms with Crippen LogP contribution in [0.15, 0.2) is 38.5 Å². The molecule has 0 radical (unpaired) electrons. The lowest BCUT2D eigenvalue weighted by Crippen LogP contribution is -2.23. The summed E-state index contributed by atoms with van der Waals surface area (Å²) in [4.78, 5) is 27.0. The van der Waals surface area contributed by atoms with E-state index < -0.39 is 0 Å². The number of aromatic nitrogens is 4. The zero-order valence-corrected chi connectivity index (χ0v) is 15.8. The topological polar surface area (TPSA) is 117 Å². The molecule has 1 aromatic carbocycles. The summed E-state index contributed by atoms with van der Waals surface area (Å²) < 4.78 is 2.36. The number of hydrogen-bond acceptors (Lipinski definition) is 9. The normalized spacial score (nSPS) is 12.5. The third kappa shape index (κ3) is 4.77. The van der Waals surface area contributed by atoms with Crippen molar-refractivity contribution < 1.29 is 14.5 Å². The van der Waals surface area contributed by atoms with Gasteiger partial charge in [0.15, 0.2) is 0 Å². The van der Waals surface area contributed by atoms with Crippen LogP contribution < -0.4 is 5.69 Å². The minimum atomic E-state index is -0.355. The predicted molar refractivity (Wildman–Crippen MR) is 99.2 cm³/mol. The van der Waals surface area contributed by atoms with Crippen LogP contribution in [0, 0.1) is 6.92 Å². The minimum absolute atomic E-state index is 0.113. The Labute approximate surface area is 155 Å². The van der Waals surface area contributed by atoms with Gasteiger partial charge < -0.3 is 14.5 Å². The van der Waals surface area contributed by atoms with Gasteiger partial charge in [-0.2, -0.15) is 9.36 Å². The van der Waals surface area contributed by atoms with Crippen molar-refractivity contribution in [3.8, 4) is 5.69 Å². The average Bonchev–Trinajstić information content (AvgIpc) is 2.97. The van der Waals surface area contributed by atoms with Crippen LogP contribution in [-0.2, 0) is 28.2 Å². The van der Waals surface area contributed by atoms with E-state index in [2.05, 4.69) is 25.9 Å². The molecule has 0 aliphatic carbocycles. The van der Waals surface area contributed by atoms with Crippen molar-refractivity contribution >= 4 is 17.6 Å². The molecule has 0 bridgehead atoms. The maximum atomic E-state index is 12.1. The molecule has 0 saturated carbocycles. The molecule has 11 heteroatoms. The fourth-order valence-electron chi connectivity index (χ4n) is 2.19. The van der Waals surface area contributed by atoms with E-state index in [0.29, 0.717) is 17.1 Å². The largest absolute Gasteiger partial charge is 0.399 e. The van der Waals surface area contributed by atoms with Crippen LogP contribution >= 0.6 is 0 Å². The van der Waals surface area contributed by atoms with Crippen LogP contribution in [0.4, 0.5) is 0 Å². The van der Waals surface area contributed by atoms with Gasteiger partial charge in [0, 0.05) is 12.6 Å². The number of benzene rings is 1. The molecule has 0 saturated heterocycles. The Morgan fingerprint density at radius 2 is 1.96 bits per heavy atom. The van der Waals surface area contributed by atoms with E-state index in [1.807, 2.05) is 19.1 Å². The van der Waals surface area contributed by atoms with E-state index in [1.54, 1.807) is 13.0 Å². The van der Waals surface area contributed by atoms with E-state index >= 15 is 0 Å². The summed E-state index contributed by atoms with van der Waals surface area (Å²) in [6.45, 7) is 3.70. The van der Waals surface area contributed by atoms with Gasteiger partial charge in [0.05, 0.1) is 11.9 Å². The van der Waals surface area contributed by atoms with Gasteiger partial charge in [-0.05, 0) is 35.9 Å². The van der Waals surface area contributed by atoms with Gasteiger partial charge in [0.1, 0.15) is 32.2 Å². The van der Waals surface area contributed by atoms with Crippen molar-refractivity contribution in [3.05, 3.63) is 39.8 Å². The summed E-state index contributed by atoms with van der Waals surface area (Å²) in [6.07, 6.45) is 1.35. The fourth-order valence-corrected chi connectivity index (χ4v) is 2.19. The number of aryl methyl sites for hydroxylation is 2. The Balaban J connectivity index is 2.21. The highest BCUT2D eigenvalue weighted by Crippen LogP contribution is 2.17. The molecule has 2 rings (SSSR count). The van der Waals surface area contributed by atoms with Crippen molar-refractivity contribution in [2.75, 3.05) is 14.2 Å². The van der Waals surface area contributed by atoms with Crippen LogP contribution in [0.2, 0.25) is 0 Å². The summed E-state index contributed by atoms with van der Waals surface area (Å²) in [7, 11) is 4.37. The first kappa shape index (κ1) is 19.8. The molecule has 0 unspecified atom stereocenters.